The van der Waals surface area contributed by atoms with Crippen LogP contribution in [0, 0.1) is 5.92 Å². The lowest BCUT2D eigenvalue weighted by Crippen LogP contribution is -2.37. The van der Waals surface area contributed by atoms with Crippen molar-refractivity contribution in [3.05, 3.63) is 0 Å². The van der Waals surface area contributed by atoms with Gasteiger partial charge in [-0.1, -0.05) is 6.42 Å². The summed E-state index contributed by atoms with van der Waals surface area (Å²) in [5.74, 6) is 0.877. The van der Waals surface area contributed by atoms with E-state index in [4.69, 9.17) is 4.74 Å². The molecule has 3 nitrogen and oxygen atoms in total. The topological polar surface area (TPSA) is 38.3 Å². The molecule has 2 fully saturated rings. The quantitative estimate of drug-likeness (QED) is 0.651. The van der Waals surface area contributed by atoms with E-state index in [0.29, 0.717) is 12.5 Å². The molecule has 3 heteroatoms. The summed E-state index contributed by atoms with van der Waals surface area (Å²) in [5.41, 5.74) is 0. The zero-order chi connectivity index (χ0) is 9.26. The molecule has 0 bridgehead atoms. The summed E-state index contributed by atoms with van der Waals surface area (Å²) in [6.07, 6.45) is 3.93. The molecular weight excluding hydrogens is 166 g/mol. The molecule has 0 spiro atoms. The van der Waals surface area contributed by atoms with Crippen LogP contribution in [-0.2, 0) is 9.53 Å². The third kappa shape index (κ3) is 1.92. The molecule has 0 aromatic heterocycles. The maximum absolute atomic E-state index is 11.3. The van der Waals surface area contributed by atoms with Gasteiger partial charge in [0.1, 0.15) is 6.10 Å². The summed E-state index contributed by atoms with van der Waals surface area (Å²) < 4.78 is 5.72. The molecule has 2 rings (SSSR count). The van der Waals surface area contributed by atoms with Crippen LogP contribution in [0.2, 0.25) is 0 Å². The molecule has 0 amide bonds. The molecule has 2 unspecified atom stereocenters. The average molecular weight is 183 g/mol. The molecule has 1 saturated heterocycles. The van der Waals surface area contributed by atoms with E-state index in [1.54, 1.807) is 0 Å². The fraction of sp³-hybridized carbons (Fsp3) is 0.900. The lowest BCUT2D eigenvalue weighted by Gasteiger charge is -2.33. The minimum Gasteiger partial charge on any atom is -0.366 e. The number of rotatable bonds is 1. The normalized spacial score (nSPS) is 36.8. The van der Waals surface area contributed by atoms with Crippen LogP contribution in [0.4, 0.5) is 0 Å². The van der Waals surface area contributed by atoms with Gasteiger partial charge in [0.25, 0.3) is 0 Å². The number of hydrogen-bond donors (Lipinski definition) is 1. The molecule has 2 aliphatic rings. The molecule has 1 heterocycles. The Kier molecular flexibility index (Phi) is 2.65. The molecule has 74 valence electrons. The second kappa shape index (κ2) is 3.76. The van der Waals surface area contributed by atoms with Crippen molar-refractivity contribution in [2.45, 2.75) is 38.4 Å². The zero-order valence-electron chi connectivity index (χ0n) is 8.08. The average Bonchev–Trinajstić information content (AvgIpc) is 2.12. The summed E-state index contributed by atoms with van der Waals surface area (Å²) in [4.78, 5) is 11.3. The van der Waals surface area contributed by atoms with Gasteiger partial charge < -0.3 is 10.1 Å². The molecule has 13 heavy (non-hydrogen) atoms. The number of nitrogens with one attached hydrogen (secondary N) is 1. The Labute approximate surface area is 78.8 Å². The Morgan fingerprint density at radius 3 is 2.85 bits per heavy atom. The summed E-state index contributed by atoms with van der Waals surface area (Å²) in [5, 5.41) is 3.15. The first kappa shape index (κ1) is 9.16. The van der Waals surface area contributed by atoms with Gasteiger partial charge in [-0.25, -0.2) is 0 Å². The molecule has 1 N–H and O–H groups in total. The van der Waals surface area contributed by atoms with E-state index in [1.165, 1.54) is 19.3 Å². The lowest BCUT2D eigenvalue weighted by molar-refractivity contribution is -0.132. The molecule has 0 aromatic rings. The van der Waals surface area contributed by atoms with Crippen molar-refractivity contribution < 1.29 is 9.53 Å². The van der Waals surface area contributed by atoms with Crippen molar-refractivity contribution >= 4 is 5.78 Å². The van der Waals surface area contributed by atoms with Gasteiger partial charge in [-0.15, -0.1) is 0 Å². The Morgan fingerprint density at radius 2 is 2.23 bits per heavy atom. The minimum absolute atomic E-state index is 0.182. The monoisotopic (exact) mass is 183 g/mol. The van der Waals surface area contributed by atoms with Crippen LogP contribution in [0.3, 0.4) is 0 Å². The predicted octanol–water partition coefficient (Wildman–Crippen LogP) is 0.732. The van der Waals surface area contributed by atoms with Crippen LogP contribution in [0.1, 0.15) is 26.2 Å². The van der Waals surface area contributed by atoms with Crippen molar-refractivity contribution in [2.24, 2.45) is 5.92 Å². The summed E-state index contributed by atoms with van der Waals surface area (Å²) >= 11 is 0. The van der Waals surface area contributed by atoms with Crippen LogP contribution in [-0.4, -0.2) is 31.1 Å². The number of carbonyl (C=O) groups excluding carboxylic acids is 1. The maximum atomic E-state index is 11.3. The van der Waals surface area contributed by atoms with Crippen molar-refractivity contribution in [3.63, 3.8) is 0 Å². The Morgan fingerprint density at radius 1 is 1.46 bits per heavy atom. The third-order valence-corrected chi connectivity index (χ3v) is 3.15. The highest BCUT2D eigenvalue weighted by Gasteiger charge is 2.32. The minimum atomic E-state index is -0.208. The van der Waals surface area contributed by atoms with E-state index in [0.717, 1.165) is 6.54 Å². The fourth-order valence-electron chi connectivity index (χ4n) is 1.96. The van der Waals surface area contributed by atoms with E-state index in [9.17, 15) is 4.79 Å². The van der Waals surface area contributed by atoms with Crippen molar-refractivity contribution in [1.29, 1.82) is 0 Å². The van der Waals surface area contributed by atoms with Crippen molar-refractivity contribution in [1.82, 2.24) is 5.32 Å². The van der Waals surface area contributed by atoms with Gasteiger partial charge in [0.2, 0.25) is 0 Å². The Balaban J connectivity index is 1.93. The van der Waals surface area contributed by atoms with Crippen LogP contribution in [0.5, 0.6) is 0 Å². The second-order valence-electron chi connectivity index (χ2n) is 4.10. The van der Waals surface area contributed by atoms with E-state index < -0.39 is 0 Å². The molecular formula is C10H17NO2. The number of carbonyl (C=O) groups is 1. The zero-order valence-corrected chi connectivity index (χ0v) is 8.08. The second-order valence-corrected chi connectivity index (χ2v) is 4.10. The Hall–Kier alpha value is -0.410. The first-order valence-electron chi connectivity index (χ1n) is 5.16. The van der Waals surface area contributed by atoms with Gasteiger partial charge >= 0.3 is 0 Å². The largest absolute Gasteiger partial charge is 0.366 e. The molecule has 0 radical (unpaired) electrons. The molecule has 1 aliphatic carbocycles. The van der Waals surface area contributed by atoms with Gasteiger partial charge in [0.15, 0.2) is 5.78 Å². The van der Waals surface area contributed by atoms with Crippen LogP contribution >= 0.6 is 0 Å². The lowest BCUT2D eigenvalue weighted by atomic mass is 9.81. The predicted molar refractivity (Wildman–Crippen MR) is 49.6 cm³/mol. The van der Waals surface area contributed by atoms with Crippen molar-refractivity contribution in [2.75, 3.05) is 13.1 Å². The highest BCUT2D eigenvalue weighted by molar-refractivity contribution is 5.84. The number of ketones is 1. The van der Waals surface area contributed by atoms with E-state index in [1.807, 2.05) is 6.92 Å². The first-order chi connectivity index (χ1) is 6.27. The smallest absolute Gasteiger partial charge is 0.174 e. The fourth-order valence-corrected chi connectivity index (χ4v) is 1.96. The summed E-state index contributed by atoms with van der Waals surface area (Å²) in [7, 11) is 0. The van der Waals surface area contributed by atoms with Gasteiger partial charge in [0, 0.05) is 6.54 Å². The Bertz CT molecular complexity index is 201. The van der Waals surface area contributed by atoms with Gasteiger partial charge in [-0.3, -0.25) is 4.79 Å². The van der Waals surface area contributed by atoms with E-state index >= 15 is 0 Å². The SMILES string of the molecule is CC1OC(C2CCC2)CNCC1=O. The van der Waals surface area contributed by atoms with Gasteiger partial charge in [-0.2, -0.15) is 0 Å². The van der Waals surface area contributed by atoms with Crippen LogP contribution < -0.4 is 5.32 Å². The standard InChI is InChI=1S/C10H17NO2/c1-7-9(12)5-11-6-10(13-7)8-3-2-4-8/h7-8,10-11H,2-6H2,1H3. The molecule has 0 aromatic carbocycles. The highest BCUT2D eigenvalue weighted by Crippen LogP contribution is 2.31. The van der Waals surface area contributed by atoms with Crippen LogP contribution in [0.15, 0.2) is 0 Å². The molecule has 2 atom stereocenters. The summed E-state index contributed by atoms with van der Waals surface area (Å²) in [6, 6.07) is 0. The van der Waals surface area contributed by atoms with Gasteiger partial charge in [-0.05, 0) is 25.7 Å². The molecule has 1 aliphatic heterocycles. The van der Waals surface area contributed by atoms with Crippen LogP contribution in [0.25, 0.3) is 0 Å². The maximum Gasteiger partial charge on any atom is 0.174 e. The van der Waals surface area contributed by atoms with E-state index in [-0.39, 0.29) is 18.0 Å². The number of Topliss-reactive ketones (excluding diaryl/α,β-unsaturated/α-hetero) is 1. The number of hydrogen-bond acceptors (Lipinski definition) is 3. The highest BCUT2D eigenvalue weighted by atomic mass is 16.5. The third-order valence-electron chi connectivity index (χ3n) is 3.15. The number of ether oxygens (including phenoxy) is 1. The summed E-state index contributed by atoms with van der Waals surface area (Å²) in [6.45, 7) is 3.19. The molecule has 1 saturated carbocycles. The first-order valence-corrected chi connectivity index (χ1v) is 5.16. The van der Waals surface area contributed by atoms with E-state index in [2.05, 4.69) is 5.32 Å². The van der Waals surface area contributed by atoms with Gasteiger partial charge in [0.05, 0.1) is 12.6 Å². The van der Waals surface area contributed by atoms with Crippen molar-refractivity contribution in [3.8, 4) is 0 Å².